The highest BCUT2D eigenvalue weighted by Gasteiger charge is 2.18. The summed E-state index contributed by atoms with van der Waals surface area (Å²) in [6.07, 6.45) is 7.65. The highest BCUT2D eigenvalue weighted by Crippen LogP contribution is 2.25. The molecule has 0 aromatic carbocycles. The fourth-order valence-corrected chi connectivity index (χ4v) is 1.71. The van der Waals surface area contributed by atoms with Crippen LogP contribution in [-0.2, 0) is 4.79 Å². The molecule has 0 bridgehead atoms. The molecule has 1 aliphatic carbocycles. The molecule has 0 heterocycles. The third-order valence-electron chi connectivity index (χ3n) is 2.54. The maximum Gasteiger partial charge on any atom is 0.159 e. The Kier molecular flexibility index (Phi) is 3.87. The molecule has 1 nitrogen and oxygen atoms in total. The van der Waals surface area contributed by atoms with Crippen LogP contribution in [0.5, 0.6) is 0 Å². The van der Waals surface area contributed by atoms with Crippen LogP contribution in [0, 0.1) is 0 Å². The van der Waals surface area contributed by atoms with Gasteiger partial charge in [0, 0.05) is 6.42 Å². The second-order valence-electron chi connectivity index (χ2n) is 3.97. The van der Waals surface area contributed by atoms with Gasteiger partial charge in [0.25, 0.3) is 0 Å². The molecule has 76 valence electrons. The molecule has 0 saturated carbocycles. The Labute approximate surface area is 86.2 Å². The van der Waals surface area contributed by atoms with Crippen LogP contribution >= 0.6 is 0 Å². The van der Waals surface area contributed by atoms with Crippen molar-refractivity contribution < 1.29 is 4.79 Å². The van der Waals surface area contributed by atoms with E-state index >= 15 is 0 Å². The first-order valence-electron chi connectivity index (χ1n) is 5.15. The van der Waals surface area contributed by atoms with Gasteiger partial charge in [-0.1, -0.05) is 29.9 Å². The average molecular weight is 190 g/mol. The van der Waals surface area contributed by atoms with Crippen LogP contribution in [0.15, 0.2) is 35.5 Å². The van der Waals surface area contributed by atoms with E-state index in [9.17, 15) is 4.79 Å². The Bertz CT molecular complexity index is 305. The fourth-order valence-electron chi connectivity index (χ4n) is 1.71. The second-order valence-corrected chi connectivity index (χ2v) is 3.97. The van der Waals surface area contributed by atoms with E-state index in [0.717, 1.165) is 36.8 Å². The number of Topliss-reactive ketones (excluding diaryl/α,β-unsaturated/α-hetero) is 1. The lowest BCUT2D eigenvalue weighted by atomic mass is 10.1. The third kappa shape index (κ3) is 2.99. The van der Waals surface area contributed by atoms with Crippen molar-refractivity contribution in [3.8, 4) is 0 Å². The van der Waals surface area contributed by atoms with Gasteiger partial charge in [0.1, 0.15) is 0 Å². The number of hydrogen-bond donors (Lipinski definition) is 0. The zero-order chi connectivity index (χ0) is 10.6. The molecule has 1 rings (SSSR count). The lowest BCUT2D eigenvalue weighted by Crippen LogP contribution is -1.95. The highest BCUT2D eigenvalue weighted by molar-refractivity contribution is 5.98. The smallest absolute Gasteiger partial charge is 0.159 e. The molecule has 0 atom stereocenters. The van der Waals surface area contributed by atoms with Crippen molar-refractivity contribution in [1.82, 2.24) is 0 Å². The van der Waals surface area contributed by atoms with Gasteiger partial charge < -0.3 is 0 Å². The molecule has 0 aliphatic heterocycles. The largest absolute Gasteiger partial charge is 0.295 e. The molecule has 0 unspecified atom stereocenters. The molecular formula is C13H18O. The lowest BCUT2D eigenvalue weighted by Gasteiger charge is -1.99. The van der Waals surface area contributed by atoms with Gasteiger partial charge in [0.15, 0.2) is 5.78 Å². The number of hydrogen-bond acceptors (Lipinski definition) is 1. The average Bonchev–Trinajstić information content (AvgIpc) is 2.42. The SMILES string of the molecule is C=C(C)/C=C/CCC1=C(C)CCC1=O. The Hall–Kier alpha value is -1.11. The topological polar surface area (TPSA) is 17.1 Å². The van der Waals surface area contributed by atoms with Crippen LogP contribution in [0.3, 0.4) is 0 Å². The Morgan fingerprint density at radius 3 is 2.71 bits per heavy atom. The van der Waals surface area contributed by atoms with Crippen LogP contribution in [0.2, 0.25) is 0 Å². The molecule has 0 radical (unpaired) electrons. The Morgan fingerprint density at radius 2 is 2.21 bits per heavy atom. The maximum absolute atomic E-state index is 11.4. The van der Waals surface area contributed by atoms with Crippen molar-refractivity contribution in [3.05, 3.63) is 35.5 Å². The molecule has 1 aliphatic rings. The summed E-state index contributed by atoms with van der Waals surface area (Å²) >= 11 is 0. The standard InChI is InChI=1S/C13H18O/c1-10(2)6-4-5-7-12-11(3)8-9-13(12)14/h4,6H,1,5,7-9H2,2-3H3/b6-4+. The summed E-state index contributed by atoms with van der Waals surface area (Å²) in [6, 6.07) is 0. The Balaban J connectivity index is 2.42. The van der Waals surface area contributed by atoms with E-state index < -0.39 is 0 Å². The monoisotopic (exact) mass is 190 g/mol. The zero-order valence-corrected chi connectivity index (χ0v) is 9.10. The van der Waals surface area contributed by atoms with Gasteiger partial charge in [-0.3, -0.25) is 4.79 Å². The lowest BCUT2D eigenvalue weighted by molar-refractivity contribution is -0.115. The second kappa shape index (κ2) is 4.94. The zero-order valence-electron chi connectivity index (χ0n) is 9.10. The molecule has 1 heteroatoms. The quantitative estimate of drug-likeness (QED) is 0.619. The third-order valence-corrected chi connectivity index (χ3v) is 2.54. The summed E-state index contributed by atoms with van der Waals surface area (Å²) in [5.41, 5.74) is 3.42. The summed E-state index contributed by atoms with van der Waals surface area (Å²) in [5.74, 6) is 0.353. The predicted molar refractivity (Wildman–Crippen MR) is 60.1 cm³/mol. The number of carbonyl (C=O) groups excluding carboxylic acids is 1. The van der Waals surface area contributed by atoms with E-state index in [-0.39, 0.29) is 0 Å². The van der Waals surface area contributed by atoms with Crippen molar-refractivity contribution in [1.29, 1.82) is 0 Å². The Morgan fingerprint density at radius 1 is 1.50 bits per heavy atom. The summed E-state index contributed by atoms with van der Waals surface area (Å²) in [4.78, 5) is 11.4. The molecule has 0 spiro atoms. The van der Waals surface area contributed by atoms with Crippen molar-refractivity contribution in [2.24, 2.45) is 0 Å². The first-order chi connectivity index (χ1) is 6.61. The minimum Gasteiger partial charge on any atom is -0.295 e. The summed E-state index contributed by atoms with van der Waals surface area (Å²) < 4.78 is 0. The van der Waals surface area contributed by atoms with Crippen molar-refractivity contribution >= 4 is 5.78 Å². The van der Waals surface area contributed by atoms with Crippen molar-refractivity contribution in [3.63, 3.8) is 0 Å². The van der Waals surface area contributed by atoms with Crippen LogP contribution < -0.4 is 0 Å². The molecule has 14 heavy (non-hydrogen) atoms. The van der Waals surface area contributed by atoms with Crippen LogP contribution in [0.4, 0.5) is 0 Å². The number of carbonyl (C=O) groups is 1. The van der Waals surface area contributed by atoms with Crippen molar-refractivity contribution in [2.75, 3.05) is 0 Å². The highest BCUT2D eigenvalue weighted by atomic mass is 16.1. The number of allylic oxidation sites excluding steroid dienone is 5. The minimum atomic E-state index is 0.353. The van der Waals surface area contributed by atoms with Crippen molar-refractivity contribution in [2.45, 2.75) is 39.5 Å². The van der Waals surface area contributed by atoms with E-state index in [0.29, 0.717) is 5.78 Å². The normalized spacial score (nSPS) is 17.1. The van der Waals surface area contributed by atoms with E-state index in [4.69, 9.17) is 0 Å². The van der Waals surface area contributed by atoms with Gasteiger partial charge >= 0.3 is 0 Å². The molecule has 0 N–H and O–H groups in total. The van der Waals surface area contributed by atoms with E-state index in [1.165, 1.54) is 5.57 Å². The van der Waals surface area contributed by atoms with Crippen LogP contribution in [0.1, 0.15) is 39.5 Å². The number of rotatable bonds is 4. The molecule has 0 amide bonds. The molecule has 0 aromatic rings. The maximum atomic E-state index is 11.4. The molecule has 0 saturated heterocycles. The van der Waals surface area contributed by atoms with Gasteiger partial charge in [0.2, 0.25) is 0 Å². The molecular weight excluding hydrogens is 172 g/mol. The minimum absolute atomic E-state index is 0.353. The number of ketones is 1. The first kappa shape index (κ1) is 11.0. The van der Waals surface area contributed by atoms with Gasteiger partial charge in [-0.05, 0) is 38.7 Å². The fraction of sp³-hybridized carbons (Fsp3) is 0.462. The van der Waals surface area contributed by atoms with Gasteiger partial charge in [-0.25, -0.2) is 0 Å². The molecule has 0 fully saturated rings. The summed E-state index contributed by atoms with van der Waals surface area (Å²) in [7, 11) is 0. The predicted octanol–water partition coefficient (Wildman–Crippen LogP) is 3.58. The summed E-state index contributed by atoms with van der Waals surface area (Å²) in [5, 5.41) is 0. The van der Waals surface area contributed by atoms with E-state index in [2.05, 4.69) is 19.6 Å². The van der Waals surface area contributed by atoms with Gasteiger partial charge in [-0.15, -0.1) is 0 Å². The molecule has 0 aromatic heterocycles. The van der Waals surface area contributed by atoms with E-state index in [1.54, 1.807) is 0 Å². The summed E-state index contributed by atoms with van der Waals surface area (Å²) in [6.45, 7) is 7.83. The van der Waals surface area contributed by atoms with Crippen LogP contribution in [-0.4, -0.2) is 5.78 Å². The van der Waals surface area contributed by atoms with Crippen LogP contribution in [0.25, 0.3) is 0 Å². The first-order valence-corrected chi connectivity index (χ1v) is 5.15. The van der Waals surface area contributed by atoms with Gasteiger partial charge in [0.05, 0.1) is 0 Å². The van der Waals surface area contributed by atoms with Gasteiger partial charge in [-0.2, -0.15) is 0 Å². The van der Waals surface area contributed by atoms with E-state index in [1.807, 2.05) is 13.0 Å².